The van der Waals surface area contributed by atoms with Crippen LogP contribution >= 0.6 is 0 Å². The predicted molar refractivity (Wildman–Crippen MR) is 74.7 cm³/mol. The van der Waals surface area contributed by atoms with E-state index in [0.717, 1.165) is 4.31 Å². The summed E-state index contributed by atoms with van der Waals surface area (Å²) >= 11 is 0. The lowest BCUT2D eigenvalue weighted by molar-refractivity contribution is -0.115. The first kappa shape index (κ1) is 15.3. The van der Waals surface area contributed by atoms with Crippen LogP contribution < -0.4 is 0 Å². The van der Waals surface area contributed by atoms with Crippen molar-refractivity contribution in [2.45, 2.75) is 29.2 Å². The fraction of sp³-hybridized carbons (Fsp3) is 0.429. The highest BCUT2D eigenvalue weighted by Crippen LogP contribution is 2.30. The van der Waals surface area contributed by atoms with Crippen LogP contribution in [0.2, 0.25) is 0 Å². The zero-order chi connectivity index (χ0) is 15.7. The van der Waals surface area contributed by atoms with E-state index in [4.69, 9.17) is 9.47 Å². The van der Waals surface area contributed by atoms with Gasteiger partial charge < -0.3 is 19.1 Å². The number of sulfonamides is 1. The average molecular weight is 325 g/mol. The number of carbonyl (C=O) groups excluding carboxylic acids is 2. The number of benzene rings is 1. The maximum Gasteiger partial charge on any atom is 0.244 e. The van der Waals surface area contributed by atoms with E-state index in [-0.39, 0.29) is 4.90 Å². The van der Waals surface area contributed by atoms with Gasteiger partial charge in [-0.1, -0.05) is 18.2 Å². The molecule has 2 heterocycles. The summed E-state index contributed by atoms with van der Waals surface area (Å²) in [4.78, 5) is 22.9. The molecule has 0 saturated carbocycles. The molecule has 22 heavy (non-hydrogen) atoms. The standard InChI is InChI=1S/C14H15NO6S/c16-6-11(13-8-20-13)15(12(7-17)14-9-21-14)22(18,19)10-4-2-1-3-5-10/h1-7,11-14H,8-9H2. The molecular formula is C14H15NO6S. The van der Waals surface area contributed by atoms with E-state index in [9.17, 15) is 18.0 Å². The minimum atomic E-state index is -4.02. The molecule has 0 aromatic heterocycles. The Morgan fingerprint density at radius 3 is 1.82 bits per heavy atom. The van der Waals surface area contributed by atoms with Crippen molar-refractivity contribution in [3.05, 3.63) is 30.3 Å². The summed E-state index contributed by atoms with van der Waals surface area (Å²) in [5.41, 5.74) is 0. The summed E-state index contributed by atoms with van der Waals surface area (Å²) < 4.78 is 36.9. The second-order valence-corrected chi connectivity index (χ2v) is 6.99. The van der Waals surface area contributed by atoms with E-state index >= 15 is 0 Å². The highest BCUT2D eigenvalue weighted by molar-refractivity contribution is 7.89. The minimum Gasteiger partial charge on any atom is -0.371 e. The first-order valence-corrected chi connectivity index (χ1v) is 8.26. The van der Waals surface area contributed by atoms with Crippen molar-refractivity contribution in [1.29, 1.82) is 0 Å². The third kappa shape index (κ3) is 2.82. The van der Waals surface area contributed by atoms with Crippen LogP contribution in [0.1, 0.15) is 0 Å². The van der Waals surface area contributed by atoms with Crippen LogP contribution in [0.5, 0.6) is 0 Å². The molecule has 2 aliphatic rings. The van der Waals surface area contributed by atoms with E-state index in [1.807, 2.05) is 0 Å². The van der Waals surface area contributed by atoms with Crippen molar-refractivity contribution < 1.29 is 27.5 Å². The summed E-state index contributed by atoms with van der Waals surface area (Å²) in [6, 6.07) is 5.62. The number of hydrogen-bond acceptors (Lipinski definition) is 6. The molecule has 0 bridgehead atoms. The lowest BCUT2D eigenvalue weighted by atomic mass is 10.1. The Kier molecular flexibility index (Phi) is 4.09. The van der Waals surface area contributed by atoms with E-state index in [1.165, 1.54) is 12.1 Å². The van der Waals surface area contributed by atoms with E-state index in [1.54, 1.807) is 18.2 Å². The van der Waals surface area contributed by atoms with Gasteiger partial charge in [0.1, 0.15) is 36.9 Å². The summed E-state index contributed by atoms with van der Waals surface area (Å²) in [6.45, 7) is 0.586. The van der Waals surface area contributed by atoms with Gasteiger partial charge in [0.25, 0.3) is 0 Å². The normalized spacial score (nSPS) is 26.2. The second kappa shape index (κ2) is 5.88. The van der Waals surface area contributed by atoms with Gasteiger partial charge in [-0.25, -0.2) is 8.42 Å². The number of nitrogens with zero attached hydrogens (tertiary/aromatic N) is 1. The molecule has 4 atom stereocenters. The number of epoxide rings is 2. The maximum atomic E-state index is 12.9. The molecule has 0 spiro atoms. The summed E-state index contributed by atoms with van der Waals surface area (Å²) in [5, 5.41) is 0. The van der Waals surface area contributed by atoms with Crippen molar-refractivity contribution in [2.24, 2.45) is 0 Å². The van der Waals surface area contributed by atoms with Crippen LogP contribution in [-0.4, -0.2) is 62.8 Å². The largest absolute Gasteiger partial charge is 0.371 e. The molecule has 118 valence electrons. The molecule has 0 aliphatic carbocycles. The predicted octanol–water partition coefficient (Wildman–Crippen LogP) is -0.390. The average Bonchev–Trinajstić information content (AvgIpc) is 3.40. The van der Waals surface area contributed by atoms with Crippen LogP contribution in [0.15, 0.2) is 35.2 Å². The first-order valence-electron chi connectivity index (χ1n) is 6.82. The molecule has 2 aliphatic heterocycles. The molecule has 2 fully saturated rings. The van der Waals surface area contributed by atoms with Crippen LogP contribution in [0.3, 0.4) is 0 Å². The molecule has 0 radical (unpaired) electrons. The van der Waals surface area contributed by atoms with E-state index in [0.29, 0.717) is 25.8 Å². The summed E-state index contributed by atoms with van der Waals surface area (Å²) in [7, 11) is -4.02. The Bertz CT molecular complexity index is 629. The Morgan fingerprint density at radius 1 is 1.00 bits per heavy atom. The van der Waals surface area contributed by atoms with Crippen LogP contribution in [-0.2, 0) is 29.1 Å². The summed E-state index contributed by atoms with van der Waals surface area (Å²) in [6.07, 6.45) is -0.0111. The van der Waals surface area contributed by atoms with Gasteiger partial charge in [0.15, 0.2) is 0 Å². The molecule has 0 amide bonds. The van der Waals surface area contributed by atoms with Crippen molar-refractivity contribution in [2.75, 3.05) is 13.2 Å². The van der Waals surface area contributed by atoms with Gasteiger partial charge in [-0.2, -0.15) is 4.31 Å². The molecular weight excluding hydrogens is 310 g/mol. The lowest BCUT2D eigenvalue weighted by Gasteiger charge is -2.30. The van der Waals surface area contributed by atoms with Gasteiger partial charge in [0, 0.05) is 0 Å². The first-order chi connectivity index (χ1) is 10.6. The molecule has 2 saturated heterocycles. The van der Waals surface area contributed by atoms with Crippen LogP contribution in [0, 0.1) is 0 Å². The van der Waals surface area contributed by atoms with E-state index < -0.39 is 34.3 Å². The molecule has 0 N–H and O–H groups in total. The van der Waals surface area contributed by atoms with Gasteiger partial charge in [0.05, 0.1) is 18.1 Å². The number of ether oxygens (including phenoxy) is 2. The fourth-order valence-electron chi connectivity index (χ4n) is 2.36. The van der Waals surface area contributed by atoms with Gasteiger partial charge in [-0.3, -0.25) is 0 Å². The second-order valence-electron chi connectivity index (χ2n) is 5.14. The molecule has 4 unspecified atom stereocenters. The van der Waals surface area contributed by atoms with Gasteiger partial charge >= 0.3 is 0 Å². The smallest absolute Gasteiger partial charge is 0.244 e. The number of rotatable bonds is 8. The Labute approximate surface area is 127 Å². The van der Waals surface area contributed by atoms with Crippen molar-refractivity contribution in [1.82, 2.24) is 4.31 Å². The minimum absolute atomic E-state index is 0.0231. The third-order valence-corrected chi connectivity index (χ3v) is 5.58. The fourth-order valence-corrected chi connectivity index (χ4v) is 4.12. The van der Waals surface area contributed by atoms with E-state index in [2.05, 4.69) is 0 Å². The number of aldehydes is 2. The Morgan fingerprint density at radius 2 is 1.45 bits per heavy atom. The molecule has 7 nitrogen and oxygen atoms in total. The monoisotopic (exact) mass is 325 g/mol. The number of carbonyl (C=O) groups is 2. The molecule has 8 heteroatoms. The molecule has 1 aromatic rings. The van der Waals surface area contributed by atoms with Crippen LogP contribution in [0.25, 0.3) is 0 Å². The Hall–Kier alpha value is -1.61. The highest BCUT2D eigenvalue weighted by Gasteiger charge is 2.50. The zero-order valence-electron chi connectivity index (χ0n) is 11.6. The lowest BCUT2D eigenvalue weighted by Crippen LogP contribution is -2.53. The van der Waals surface area contributed by atoms with Gasteiger partial charge in [0.2, 0.25) is 10.0 Å². The van der Waals surface area contributed by atoms with Gasteiger partial charge in [-0.05, 0) is 12.1 Å². The third-order valence-electron chi connectivity index (χ3n) is 3.67. The summed E-state index contributed by atoms with van der Waals surface area (Å²) in [5.74, 6) is 0. The highest BCUT2D eigenvalue weighted by atomic mass is 32.2. The molecule has 1 aromatic carbocycles. The maximum absolute atomic E-state index is 12.9. The number of hydrogen-bond donors (Lipinski definition) is 0. The topological polar surface area (TPSA) is 96.6 Å². The SMILES string of the molecule is O=CC(C1CO1)N(C(C=O)C1CO1)S(=O)(=O)c1ccccc1. The van der Waals surface area contributed by atoms with Gasteiger partial charge in [-0.15, -0.1) is 0 Å². The van der Waals surface area contributed by atoms with Crippen molar-refractivity contribution >= 4 is 22.6 Å². The zero-order valence-corrected chi connectivity index (χ0v) is 12.4. The quantitative estimate of drug-likeness (QED) is 0.477. The van der Waals surface area contributed by atoms with Crippen molar-refractivity contribution in [3.8, 4) is 0 Å². The Balaban J connectivity index is 2.03. The molecule has 3 rings (SSSR count). The van der Waals surface area contributed by atoms with Crippen molar-refractivity contribution in [3.63, 3.8) is 0 Å². The van der Waals surface area contributed by atoms with Crippen LogP contribution in [0.4, 0.5) is 0 Å².